The first-order valence-electron chi connectivity index (χ1n) is 6.81. The maximum absolute atomic E-state index is 4.49. The van der Waals surface area contributed by atoms with Crippen LogP contribution in [0.25, 0.3) is 5.78 Å². The van der Waals surface area contributed by atoms with Crippen molar-refractivity contribution in [3.05, 3.63) is 35.5 Å². The van der Waals surface area contributed by atoms with Crippen LogP contribution in [0.2, 0.25) is 0 Å². The van der Waals surface area contributed by atoms with E-state index in [-0.39, 0.29) is 0 Å². The number of rotatable bonds is 2. The molecule has 1 aliphatic heterocycles. The predicted octanol–water partition coefficient (Wildman–Crippen LogP) is 0.972. The summed E-state index contributed by atoms with van der Waals surface area (Å²) in [6.07, 6.45) is 5.32. The van der Waals surface area contributed by atoms with Crippen LogP contribution >= 0.6 is 0 Å². The molecule has 7 nitrogen and oxygen atoms in total. The molecule has 1 aliphatic rings. The van der Waals surface area contributed by atoms with Crippen molar-refractivity contribution in [1.82, 2.24) is 29.8 Å². The first-order chi connectivity index (χ1) is 9.85. The summed E-state index contributed by atoms with van der Waals surface area (Å²) in [5.41, 5.74) is 3.53. The first kappa shape index (κ1) is 11.4. The van der Waals surface area contributed by atoms with Gasteiger partial charge in [-0.05, 0) is 6.42 Å². The van der Waals surface area contributed by atoms with Crippen LogP contribution < -0.4 is 4.90 Å². The molecule has 7 heteroatoms. The van der Waals surface area contributed by atoms with Crippen LogP contribution in [0.1, 0.15) is 23.9 Å². The Morgan fingerprint density at radius 1 is 1.40 bits per heavy atom. The fourth-order valence-corrected chi connectivity index (χ4v) is 2.67. The molecule has 4 heterocycles. The van der Waals surface area contributed by atoms with Gasteiger partial charge in [0.05, 0.1) is 6.20 Å². The summed E-state index contributed by atoms with van der Waals surface area (Å²) in [5, 5.41) is 11.5. The Bertz CT molecular complexity index is 757. The van der Waals surface area contributed by atoms with Crippen molar-refractivity contribution in [1.29, 1.82) is 0 Å². The van der Waals surface area contributed by atoms with E-state index in [1.165, 1.54) is 11.3 Å². The lowest BCUT2D eigenvalue weighted by molar-refractivity contribution is 0.692. The van der Waals surface area contributed by atoms with Crippen molar-refractivity contribution >= 4 is 11.6 Å². The maximum atomic E-state index is 4.49. The molecule has 0 aromatic carbocycles. The summed E-state index contributed by atoms with van der Waals surface area (Å²) in [5.74, 6) is 1.72. The van der Waals surface area contributed by atoms with E-state index < -0.39 is 0 Å². The zero-order valence-corrected chi connectivity index (χ0v) is 11.2. The first-order valence-corrected chi connectivity index (χ1v) is 6.81. The van der Waals surface area contributed by atoms with E-state index in [4.69, 9.17) is 0 Å². The molecule has 4 rings (SSSR count). The lowest BCUT2D eigenvalue weighted by Gasteiger charge is -2.28. The van der Waals surface area contributed by atoms with Crippen LogP contribution in [0.15, 0.2) is 18.6 Å². The van der Waals surface area contributed by atoms with E-state index in [1.807, 2.05) is 10.7 Å². The number of H-pyrrole nitrogens is 1. The van der Waals surface area contributed by atoms with Gasteiger partial charge in [-0.15, -0.1) is 0 Å². The van der Waals surface area contributed by atoms with Crippen molar-refractivity contribution in [2.24, 2.45) is 0 Å². The molecule has 0 saturated carbocycles. The number of anilines is 1. The average molecular weight is 269 g/mol. The van der Waals surface area contributed by atoms with Gasteiger partial charge in [0.15, 0.2) is 0 Å². The van der Waals surface area contributed by atoms with Crippen molar-refractivity contribution in [2.45, 2.75) is 26.3 Å². The molecule has 3 aromatic heterocycles. The fraction of sp³-hybridized carbons (Fsp3) is 0.385. The van der Waals surface area contributed by atoms with Crippen LogP contribution in [-0.2, 0) is 19.4 Å². The van der Waals surface area contributed by atoms with E-state index in [9.17, 15) is 0 Å². The summed E-state index contributed by atoms with van der Waals surface area (Å²) in [6, 6.07) is 2.10. The molecule has 3 aromatic rings. The highest BCUT2D eigenvalue weighted by molar-refractivity contribution is 5.49. The summed E-state index contributed by atoms with van der Waals surface area (Å²) in [7, 11) is 0. The van der Waals surface area contributed by atoms with Crippen molar-refractivity contribution < 1.29 is 0 Å². The van der Waals surface area contributed by atoms with Crippen LogP contribution in [0.3, 0.4) is 0 Å². The molecule has 0 fully saturated rings. The van der Waals surface area contributed by atoms with E-state index >= 15 is 0 Å². The normalized spacial score (nSPS) is 14.8. The monoisotopic (exact) mass is 269 g/mol. The SMILES string of the molecule is CCc1cc(N2CCc3[nH]ncc3C2)n2ncnc2n1. The van der Waals surface area contributed by atoms with Gasteiger partial charge in [0, 0.05) is 42.5 Å². The lowest BCUT2D eigenvalue weighted by atomic mass is 10.1. The Labute approximate surface area is 115 Å². The van der Waals surface area contributed by atoms with Crippen LogP contribution in [0.5, 0.6) is 0 Å². The van der Waals surface area contributed by atoms with Gasteiger partial charge >= 0.3 is 0 Å². The van der Waals surface area contributed by atoms with E-state index in [0.29, 0.717) is 5.78 Å². The molecule has 0 radical (unpaired) electrons. The number of fused-ring (bicyclic) bond motifs is 2. The van der Waals surface area contributed by atoms with Crippen LogP contribution in [-0.4, -0.2) is 36.3 Å². The van der Waals surface area contributed by atoms with Gasteiger partial charge in [-0.25, -0.2) is 4.98 Å². The average Bonchev–Trinajstić information content (AvgIpc) is 3.13. The number of nitrogens with one attached hydrogen (secondary N) is 1. The van der Waals surface area contributed by atoms with Crippen molar-refractivity contribution in [3.8, 4) is 0 Å². The summed E-state index contributed by atoms with van der Waals surface area (Å²) >= 11 is 0. The largest absolute Gasteiger partial charge is 0.352 e. The highest BCUT2D eigenvalue weighted by Gasteiger charge is 2.21. The highest BCUT2D eigenvalue weighted by atomic mass is 15.4. The Kier molecular flexibility index (Phi) is 2.45. The summed E-state index contributed by atoms with van der Waals surface area (Å²) < 4.78 is 1.81. The second-order valence-electron chi connectivity index (χ2n) is 4.98. The van der Waals surface area contributed by atoms with Gasteiger partial charge in [-0.2, -0.15) is 19.7 Å². The van der Waals surface area contributed by atoms with Gasteiger partial charge in [0.25, 0.3) is 5.78 Å². The third-order valence-corrected chi connectivity index (χ3v) is 3.77. The van der Waals surface area contributed by atoms with Crippen molar-refractivity contribution in [3.63, 3.8) is 0 Å². The van der Waals surface area contributed by atoms with E-state index in [0.717, 1.165) is 37.4 Å². The Morgan fingerprint density at radius 2 is 2.35 bits per heavy atom. The lowest BCUT2D eigenvalue weighted by Crippen LogP contribution is -2.31. The molecule has 0 aliphatic carbocycles. The second-order valence-corrected chi connectivity index (χ2v) is 4.98. The van der Waals surface area contributed by atoms with Crippen molar-refractivity contribution in [2.75, 3.05) is 11.4 Å². The van der Waals surface area contributed by atoms with Gasteiger partial charge in [0.1, 0.15) is 12.1 Å². The quantitative estimate of drug-likeness (QED) is 0.750. The third kappa shape index (κ3) is 1.66. The second kappa shape index (κ2) is 4.29. The molecule has 20 heavy (non-hydrogen) atoms. The fourth-order valence-electron chi connectivity index (χ4n) is 2.67. The minimum Gasteiger partial charge on any atom is -0.352 e. The standard InChI is InChI=1S/C13H15N7/c1-2-10-5-12(20-13(17-10)14-8-16-20)19-4-3-11-9(7-19)6-15-18-11/h5-6,8H,2-4,7H2,1H3,(H,15,18). The Hall–Kier alpha value is -2.44. The maximum Gasteiger partial charge on any atom is 0.254 e. The molecule has 0 unspecified atom stereocenters. The van der Waals surface area contributed by atoms with E-state index in [1.54, 1.807) is 6.33 Å². The number of aryl methyl sites for hydroxylation is 1. The predicted molar refractivity (Wildman–Crippen MR) is 73.5 cm³/mol. The third-order valence-electron chi connectivity index (χ3n) is 3.77. The highest BCUT2D eigenvalue weighted by Crippen LogP contribution is 2.23. The minimum atomic E-state index is 0.664. The van der Waals surface area contributed by atoms with Gasteiger partial charge < -0.3 is 4.90 Å². The molecule has 0 saturated heterocycles. The molecule has 0 spiro atoms. The molecular formula is C13H15N7. The smallest absolute Gasteiger partial charge is 0.254 e. The number of nitrogens with zero attached hydrogens (tertiary/aromatic N) is 6. The summed E-state index contributed by atoms with van der Waals surface area (Å²) in [4.78, 5) is 11.0. The van der Waals surface area contributed by atoms with Crippen LogP contribution in [0, 0.1) is 0 Å². The number of aromatic nitrogens is 6. The molecule has 1 N–H and O–H groups in total. The van der Waals surface area contributed by atoms with Gasteiger partial charge in [0.2, 0.25) is 0 Å². The number of hydrogen-bond donors (Lipinski definition) is 1. The minimum absolute atomic E-state index is 0.664. The summed E-state index contributed by atoms with van der Waals surface area (Å²) in [6.45, 7) is 3.88. The molecule has 0 bridgehead atoms. The van der Waals surface area contributed by atoms with E-state index in [2.05, 4.69) is 43.2 Å². The molecule has 0 amide bonds. The molecule has 102 valence electrons. The Balaban J connectivity index is 1.80. The number of hydrogen-bond acceptors (Lipinski definition) is 5. The van der Waals surface area contributed by atoms with Crippen LogP contribution in [0.4, 0.5) is 5.82 Å². The van der Waals surface area contributed by atoms with Gasteiger partial charge in [-0.1, -0.05) is 6.92 Å². The molecular weight excluding hydrogens is 254 g/mol. The zero-order chi connectivity index (χ0) is 13.5. The topological polar surface area (TPSA) is 75.0 Å². The molecule has 0 atom stereocenters. The number of aromatic amines is 1. The van der Waals surface area contributed by atoms with Gasteiger partial charge in [-0.3, -0.25) is 5.10 Å². The Morgan fingerprint density at radius 3 is 3.25 bits per heavy atom. The zero-order valence-electron chi connectivity index (χ0n) is 11.2.